The molecule has 8 nitrogen and oxygen atoms in total. The predicted octanol–water partition coefficient (Wildman–Crippen LogP) is 4.26. The second kappa shape index (κ2) is 12.4. The van der Waals surface area contributed by atoms with Crippen molar-refractivity contribution in [3.63, 3.8) is 0 Å². The zero-order valence-electron chi connectivity index (χ0n) is 23.3. The maximum Gasteiger partial charge on any atom is 0.451 e. The lowest BCUT2D eigenvalue weighted by Crippen LogP contribution is -2.57. The van der Waals surface area contributed by atoms with E-state index in [1.807, 2.05) is 0 Å². The first kappa shape index (κ1) is 28.8. The molecule has 0 bridgehead atoms. The molecular weight excluding hydrogens is 523 g/mol. The number of hydrogen-bond donors (Lipinski definition) is 0. The third-order valence-corrected chi connectivity index (χ3v) is 8.50. The van der Waals surface area contributed by atoms with Crippen molar-refractivity contribution in [1.82, 2.24) is 24.7 Å². The number of rotatable bonds is 7. The highest BCUT2D eigenvalue weighted by Crippen LogP contribution is 2.39. The summed E-state index contributed by atoms with van der Waals surface area (Å²) in [5.41, 5.74) is 3.80. The molecule has 1 aromatic heterocycles. The number of halogens is 3. The van der Waals surface area contributed by atoms with Gasteiger partial charge < -0.3 is 14.4 Å². The van der Waals surface area contributed by atoms with Gasteiger partial charge >= 0.3 is 6.18 Å². The first-order chi connectivity index (χ1) is 19.2. The minimum atomic E-state index is -4.63. The Balaban J connectivity index is 1.19. The predicted molar refractivity (Wildman–Crippen MR) is 143 cm³/mol. The Hall–Kier alpha value is -2.76. The summed E-state index contributed by atoms with van der Waals surface area (Å²) in [4.78, 5) is 26.4. The van der Waals surface area contributed by atoms with Crippen molar-refractivity contribution in [3.8, 4) is 5.75 Å². The van der Waals surface area contributed by atoms with E-state index in [0.29, 0.717) is 26.2 Å². The average Bonchev–Trinajstić information content (AvgIpc) is 2.96. The molecule has 2 atom stereocenters. The quantitative estimate of drug-likeness (QED) is 0.468. The van der Waals surface area contributed by atoms with Crippen LogP contribution in [0.25, 0.3) is 0 Å². The minimum absolute atomic E-state index is 0.0841. The van der Waals surface area contributed by atoms with E-state index < -0.39 is 12.0 Å². The molecule has 3 fully saturated rings. The topological polar surface area (TPSA) is 71.0 Å². The van der Waals surface area contributed by atoms with Gasteiger partial charge in [-0.2, -0.15) is 13.2 Å². The maximum atomic E-state index is 13.0. The van der Waals surface area contributed by atoms with Crippen LogP contribution in [0.1, 0.15) is 64.6 Å². The second-order valence-corrected chi connectivity index (χ2v) is 10.9. The fourth-order valence-electron chi connectivity index (χ4n) is 6.16. The van der Waals surface area contributed by atoms with E-state index >= 15 is 0 Å². The highest BCUT2D eigenvalue weighted by atomic mass is 19.4. The fourth-order valence-corrected chi connectivity index (χ4v) is 6.16. The lowest BCUT2D eigenvalue weighted by molar-refractivity contribution is -0.145. The molecule has 2 aromatic rings. The van der Waals surface area contributed by atoms with E-state index in [0.717, 1.165) is 76.7 Å². The van der Waals surface area contributed by atoms with Crippen molar-refractivity contribution in [2.75, 3.05) is 59.1 Å². The first-order valence-electron chi connectivity index (χ1n) is 14.2. The molecule has 0 unspecified atom stereocenters. The minimum Gasteiger partial charge on any atom is -0.493 e. The van der Waals surface area contributed by atoms with E-state index in [2.05, 4.69) is 45.7 Å². The van der Waals surface area contributed by atoms with Crippen molar-refractivity contribution in [2.45, 2.75) is 57.8 Å². The van der Waals surface area contributed by atoms with Gasteiger partial charge in [-0.15, -0.1) is 0 Å². The van der Waals surface area contributed by atoms with Crippen molar-refractivity contribution in [1.29, 1.82) is 0 Å². The number of benzene rings is 1. The van der Waals surface area contributed by atoms with Gasteiger partial charge in [0.15, 0.2) is 0 Å². The maximum absolute atomic E-state index is 13.0. The van der Waals surface area contributed by atoms with Crippen LogP contribution in [0, 0.1) is 13.8 Å². The number of piperazine rings is 1. The SMILES string of the molecule is Cc1c(OCCCN2CCOCC2)ccc([C@H]2CCC[C@H]3CN(C(=O)c4cnc(C(F)(F)F)nc4)CCN32)c1C. The molecule has 3 aliphatic heterocycles. The monoisotopic (exact) mass is 561 g/mol. The number of amides is 1. The van der Waals surface area contributed by atoms with Gasteiger partial charge in [-0.05, 0) is 62.3 Å². The zero-order valence-corrected chi connectivity index (χ0v) is 23.3. The average molecular weight is 562 g/mol. The van der Waals surface area contributed by atoms with Crippen LogP contribution < -0.4 is 4.74 Å². The van der Waals surface area contributed by atoms with E-state index in [9.17, 15) is 18.0 Å². The highest BCUT2D eigenvalue weighted by molar-refractivity contribution is 5.93. The second-order valence-electron chi connectivity index (χ2n) is 10.9. The van der Waals surface area contributed by atoms with Crippen LogP contribution in [0.2, 0.25) is 0 Å². The van der Waals surface area contributed by atoms with Gasteiger partial charge in [0.25, 0.3) is 5.91 Å². The molecule has 4 heterocycles. The van der Waals surface area contributed by atoms with Crippen molar-refractivity contribution < 1.29 is 27.4 Å². The molecule has 1 amide bonds. The molecule has 0 aliphatic carbocycles. The smallest absolute Gasteiger partial charge is 0.451 e. The van der Waals surface area contributed by atoms with Crippen molar-refractivity contribution >= 4 is 5.91 Å². The van der Waals surface area contributed by atoms with Gasteiger partial charge in [0, 0.05) is 63.7 Å². The summed E-state index contributed by atoms with van der Waals surface area (Å²) in [6.45, 7) is 11.3. The Morgan fingerprint density at radius 3 is 2.52 bits per heavy atom. The number of aromatic nitrogens is 2. The number of morpholine rings is 1. The number of nitrogens with zero attached hydrogens (tertiary/aromatic N) is 5. The molecule has 11 heteroatoms. The number of fused-ring (bicyclic) bond motifs is 1. The van der Waals surface area contributed by atoms with E-state index in [4.69, 9.17) is 9.47 Å². The lowest BCUT2D eigenvalue weighted by Gasteiger charge is -2.48. The summed E-state index contributed by atoms with van der Waals surface area (Å²) >= 11 is 0. The zero-order chi connectivity index (χ0) is 28.3. The largest absolute Gasteiger partial charge is 0.493 e. The van der Waals surface area contributed by atoms with E-state index in [1.54, 1.807) is 4.90 Å². The number of carbonyl (C=O) groups is 1. The number of alkyl halides is 3. The number of ether oxygens (including phenoxy) is 2. The van der Waals surface area contributed by atoms with Crippen molar-refractivity contribution in [3.05, 3.63) is 52.6 Å². The molecule has 0 spiro atoms. The number of hydrogen-bond acceptors (Lipinski definition) is 7. The molecule has 218 valence electrons. The van der Waals surface area contributed by atoms with Gasteiger partial charge in [-0.1, -0.05) is 6.07 Å². The molecule has 3 saturated heterocycles. The summed E-state index contributed by atoms with van der Waals surface area (Å²) in [7, 11) is 0. The summed E-state index contributed by atoms with van der Waals surface area (Å²) in [5, 5.41) is 0. The standard InChI is InChI=1S/C29H38F3N5O3/c1-20-21(2)26(40-14-4-9-35-12-15-39-16-13-35)8-7-24(20)25-6-3-5-23-19-36(10-11-37(23)25)27(38)22-17-33-28(34-18-22)29(30,31)32/h7-8,17-18,23,25H,3-6,9-16,19H2,1-2H3/t23-,25+/m0/s1. The van der Waals surface area contributed by atoms with Crippen LogP contribution >= 0.6 is 0 Å². The molecule has 1 aromatic carbocycles. The van der Waals surface area contributed by atoms with Gasteiger partial charge in [0.2, 0.25) is 5.82 Å². The fraction of sp³-hybridized carbons (Fsp3) is 0.621. The molecule has 0 saturated carbocycles. The van der Waals surface area contributed by atoms with Crippen LogP contribution in [0.3, 0.4) is 0 Å². The molecule has 3 aliphatic rings. The Morgan fingerprint density at radius 2 is 1.80 bits per heavy atom. The van der Waals surface area contributed by atoms with Gasteiger partial charge in [0.05, 0.1) is 25.4 Å². The van der Waals surface area contributed by atoms with Crippen LogP contribution in [-0.2, 0) is 10.9 Å². The van der Waals surface area contributed by atoms with Crippen LogP contribution in [0.5, 0.6) is 5.75 Å². The van der Waals surface area contributed by atoms with Gasteiger partial charge in [-0.3, -0.25) is 14.6 Å². The van der Waals surface area contributed by atoms with Gasteiger partial charge in [0.1, 0.15) is 5.75 Å². The Morgan fingerprint density at radius 1 is 1.05 bits per heavy atom. The number of carbonyl (C=O) groups excluding carboxylic acids is 1. The van der Waals surface area contributed by atoms with Crippen molar-refractivity contribution in [2.24, 2.45) is 0 Å². The summed E-state index contributed by atoms with van der Waals surface area (Å²) in [5.74, 6) is -0.624. The molecule has 40 heavy (non-hydrogen) atoms. The molecule has 0 N–H and O–H groups in total. The molecule has 0 radical (unpaired) electrons. The highest BCUT2D eigenvalue weighted by Gasteiger charge is 2.38. The Bertz CT molecular complexity index is 1170. The van der Waals surface area contributed by atoms with Crippen LogP contribution in [0.15, 0.2) is 24.5 Å². The lowest BCUT2D eigenvalue weighted by atomic mass is 9.86. The third-order valence-electron chi connectivity index (χ3n) is 8.50. The molecule has 5 rings (SSSR count). The Kier molecular flexibility index (Phi) is 8.92. The summed E-state index contributed by atoms with van der Waals surface area (Å²) in [6, 6.07) is 4.76. The van der Waals surface area contributed by atoms with Gasteiger partial charge in [-0.25, -0.2) is 9.97 Å². The van der Waals surface area contributed by atoms with Crippen LogP contribution in [0.4, 0.5) is 13.2 Å². The number of piperidine rings is 1. The Labute approximate surface area is 233 Å². The first-order valence-corrected chi connectivity index (χ1v) is 14.2. The van der Waals surface area contributed by atoms with Crippen LogP contribution in [-0.4, -0.2) is 95.7 Å². The normalized spacial score (nSPS) is 22.7. The van der Waals surface area contributed by atoms with E-state index in [-0.39, 0.29) is 23.6 Å². The summed E-state index contributed by atoms with van der Waals surface area (Å²) in [6.07, 6.45) is 1.39. The third kappa shape index (κ3) is 6.42. The summed E-state index contributed by atoms with van der Waals surface area (Å²) < 4.78 is 50.0. The van der Waals surface area contributed by atoms with E-state index in [1.165, 1.54) is 16.7 Å². The molecular formula is C29H38F3N5O3.